The minimum absolute atomic E-state index is 0.00784. The summed E-state index contributed by atoms with van der Waals surface area (Å²) < 4.78 is 5.41. The van der Waals surface area contributed by atoms with Gasteiger partial charge in [0.2, 0.25) is 0 Å². The second-order valence-electron chi connectivity index (χ2n) is 10.1. The fourth-order valence-corrected chi connectivity index (χ4v) is 4.23. The van der Waals surface area contributed by atoms with Gasteiger partial charge in [0.05, 0.1) is 6.61 Å². The zero-order valence-corrected chi connectivity index (χ0v) is 24.2. The molecule has 0 aliphatic heterocycles. The van der Waals surface area contributed by atoms with Crippen LogP contribution in [0.25, 0.3) is 0 Å². The number of rotatable bonds is 27. The first kappa shape index (κ1) is 34.4. The lowest BCUT2D eigenvalue weighted by molar-refractivity contribution is -0.143. The lowest BCUT2D eigenvalue weighted by atomic mass is 10.1. The number of allylic oxidation sites excluding steroid dienone is 8. The Kier molecular flexibility index (Phi) is 30.1. The van der Waals surface area contributed by atoms with Crippen LogP contribution in [0.4, 0.5) is 0 Å². The second-order valence-corrected chi connectivity index (χ2v) is 10.1. The first-order valence-corrected chi connectivity index (χ1v) is 15.6. The Bertz CT molecular complexity index is 508. The molecule has 0 fully saturated rings. The first-order valence-electron chi connectivity index (χ1n) is 15.6. The van der Waals surface area contributed by atoms with Crippen LogP contribution in [-0.2, 0) is 9.53 Å². The van der Waals surface area contributed by atoms with Gasteiger partial charge in [0.1, 0.15) is 0 Å². The maximum atomic E-state index is 11.9. The molecule has 0 rings (SSSR count). The molecule has 0 bridgehead atoms. The highest BCUT2D eigenvalue weighted by Gasteiger charge is 2.02. The third-order valence-corrected chi connectivity index (χ3v) is 6.52. The van der Waals surface area contributed by atoms with Crippen LogP contribution >= 0.6 is 0 Å². The van der Waals surface area contributed by atoms with E-state index in [1.807, 2.05) is 0 Å². The summed E-state index contributed by atoms with van der Waals surface area (Å²) in [6.07, 6.45) is 44.4. The van der Waals surface area contributed by atoms with Gasteiger partial charge < -0.3 is 4.74 Å². The molecule has 0 saturated carbocycles. The molecular formula is C34H60O2. The normalized spacial score (nSPS) is 12.2. The average Bonchev–Trinajstić information content (AvgIpc) is 2.88. The highest BCUT2D eigenvalue weighted by molar-refractivity contribution is 5.69. The number of hydrogen-bond acceptors (Lipinski definition) is 2. The van der Waals surface area contributed by atoms with Crippen LogP contribution in [0.1, 0.15) is 155 Å². The second kappa shape index (κ2) is 31.5. The van der Waals surface area contributed by atoms with Crippen molar-refractivity contribution in [2.24, 2.45) is 0 Å². The van der Waals surface area contributed by atoms with Crippen molar-refractivity contribution in [1.82, 2.24) is 0 Å². The van der Waals surface area contributed by atoms with Crippen molar-refractivity contribution in [2.75, 3.05) is 6.61 Å². The van der Waals surface area contributed by atoms with Gasteiger partial charge in [-0.2, -0.15) is 0 Å². The summed E-state index contributed by atoms with van der Waals surface area (Å²) in [5.41, 5.74) is 0. The van der Waals surface area contributed by atoms with Crippen molar-refractivity contribution in [2.45, 2.75) is 155 Å². The molecule has 208 valence electrons. The molecule has 36 heavy (non-hydrogen) atoms. The molecule has 0 heterocycles. The van der Waals surface area contributed by atoms with Crippen LogP contribution in [0.15, 0.2) is 48.6 Å². The van der Waals surface area contributed by atoms with E-state index in [1.165, 1.54) is 103 Å². The molecule has 2 heteroatoms. The molecule has 0 spiro atoms. The van der Waals surface area contributed by atoms with Gasteiger partial charge in [0.15, 0.2) is 0 Å². The van der Waals surface area contributed by atoms with Gasteiger partial charge >= 0.3 is 5.97 Å². The van der Waals surface area contributed by atoms with Gasteiger partial charge in [-0.1, -0.05) is 146 Å². The summed E-state index contributed by atoms with van der Waals surface area (Å²) in [7, 11) is 0. The highest BCUT2D eigenvalue weighted by Crippen LogP contribution is 2.13. The summed E-state index contributed by atoms with van der Waals surface area (Å²) >= 11 is 0. The predicted octanol–water partition coefficient (Wildman–Crippen LogP) is 11.4. The molecule has 0 aliphatic carbocycles. The molecule has 0 saturated heterocycles. The van der Waals surface area contributed by atoms with Crippen LogP contribution in [-0.4, -0.2) is 12.6 Å². The standard InChI is InChI=1S/C34H60O2/c1-3-5-7-9-11-13-15-17-19-20-22-24-26-28-30-32-34(35)36-33-31-29-27-25-23-21-18-16-14-12-10-8-6-4-2/h5-12H,3-4,13-33H2,1-2H3/b7-5-,8-6-,11-9-,12-10-. The maximum absolute atomic E-state index is 11.9. The Morgan fingerprint density at radius 3 is 1.28 bits per heavy atom. The minimum Gasteiger partial charge on any atom is -0.466 e. The third kappa shape index (κ3) is 30.5. The molecule has 0 N–H and O–H groups in total. The van der Waals surface area contributed by atoms with E-state index in [0.717, 1.165) is 32.1 Å². The first-order chi connectivity index (χ1) is 17.8. The number of ether oxygens (including phenoxy) is 1. The van der Waals surface area contributed by atoms with Crippen LogP contribution in [0, 0.1) is 0 Å². The van der Waals surface area contributed by atoms with Crippen molar-refractivity contribution in [3.63, 3.8) is 0 Å². The number of hydrogen-bond donors (Lipinski definition) is 0. The van der Waals surface area contributed by atoms with E-state index in [0.29, 0.717) is 13.0 Å². The van der Waals surface area contributed by atoms with Gasteiger partial charge in [-0.25, -0.2) is 0 Å². The van der Waals surface area contributed by atoms with Gasteiger partial charge in [0, 0.05) is 6.42 Å². The Morgan fingerprint density at radius 2 is 0.833 bits per heavy atom. The van der Waals surface area contributed by atoms with E-state index in [4.69, 9.17) is 4.74 Å². The Morgan fingerprint density at radius 1 is 0.472 bits per heavy atom. The largest absolute Gasteiger partial charge is 0.466 e. The molecule has 0 unspecified atom stereocenters. The van der Waals surface area contributed by atoms with Gasteiger partial charge in [-0.05, 0) is 51.4 Å². The van der Waals surface area contributed by atoms with Crippen molar-refractivity contribution in [3.8, 4) is 0 Å². The third-order valence-electron chi connectivity index (χ3n) is 6.52. The van der Waals surface area contributed by atoms with E-state index in [1.54, 1.807) is 0 Å². The van der Waals surface area contributed by atoms with Gasteiger partial charge in [-0.3, -0.25) is 4.79 Å². The molecule has 0 amide bonds. The molecule has 0 atom stereocenters. The van der Waals surface area contributed by atoms with Crippen molar-refractivity contribution in [1.29, 1.82) is 0 Å². The smallest absolute Gasteiger partial charge is 0.305 e. The quantitative estimate of drug-likeness (QED) is 0.0636. The lowest BCUT2D eigenvalue weighted by Gasteiger charge is -2.05. The van der Waals surface area contributed by atoms with Crippen LogP contribution in [0.3, 0.4) is 0 Å². The van der Waals surface area contributed by atoms with E-state index in [2.05, 4.69) is 62.5 Å². The molecule has 0 aromatic rings. The predicted molar refractivity (Wildman–Crippen MR) is 160 cm³/mol. The topological polar surface area (TPSA) is 26.3 Å². The van der Waals surface area contributed by atoms with Crippen LogP contribution < -0.4 is 0 Å². The SMILES string of the molecule is CC/C=C\C=C/CCCCCCCCCCCC(=O)OCCCCCCCCCC/C=C\C=C/CC. The maximum Gasteiger partial charge on any atom is 0.305 e. The monoisotopic (exact) mass is 500 g/mol. The molecule has 0 aromatic carbocycles. The van der Waals surface area contributed by atoms with E-state index in [9.17, 15) is 4.79 Å². The molecule has 0 aliphatic rings. The van der Waals surface area contributed by atoms with Crippen molar-refractivity contribution >= 4 is 5.97 Å². The average molecular weight is 501 g/mol. The van der Waals surface area contributed by atoms with Gasteiger partial charge in [0.25, 0.3) is 0 Å². The Balaban J connectivity index is 3.23. The van der Waals surface area contributed by atoms with E-state index < -0.39 is 0 Å². The lowest BCUT2D eigenvalue weighted by Crippen LogP contribution is -2.05. The molecule has 2 nitrogen and oxygen atoms in total. The summed E-state index contributed by atoms with van der Waals surface area (Å²) in [5, 5.41) is 0. The zero-order chi connectivity index (χ0) is 26.2. The summed E-state index contributed by atoms with van der Waals surface area (Å²) in [4.78, 5) is 11.9. The highest BCUT2D eigenvalue weighted by atomic mass is 16.5. The van der Waals surface area contributed by atoms with Gasteiger partial charge in [-0.15, -0.1) is 0 Å². The number of carbonyl (C=O) groups is 1. The fourth-order valence-electron chi connectivity index (χ4n) is 4.23. The van der Waals surface area contributed by atoms with Crippen molar-refractivity contribution in [3.05, 3.63) is 48.6 Å². The number of unbranched alkanes of at least 4 members (excludes halogenated alkanes) is 17. The number of esters is 1. The fraction of sp³-hybridized carbons (Fsp3) is 0.735. The Hall–Kier alpha value is -1.57. The molecular weight excluding hydrogens is 440 g/mol. The van der Waals surface area contributed by atoms with E-state index >= 15 is 0 Å². The van der Waals surface area contributed by atoms with Crippen LogP contribution in [0.2, 0.25) is 0 Å². The molecule has 0 aromatic heterocycles. The van der Waals surface area contributed by atoms with Crippen molar-refractivity contribution < 1.29 is 9.53 Å². The van der Waals surface area contributed by atoms with Crippen LogP contribution in [0.5, 0.6) is 0 Å². The zero-order valence-electron chi connectivity index (χ0n) is 24.2. The summed E-state index contributed by atoms with van der Waals surface area (Å²) in [6, 6.07) is 0. The summed E-state index contributed by atoms with van der Waals surface area (Å²) in [5.74, 6) is 0.00784. The minimum atomic E-state index is 0.00784. The Labute approximate surface area is 225 Å². The van der Waals surface area contributed by atoms with E-state index in [-0.39, 0.29) is 5.97 Å². The number of carbonyl (C=O) groups excluding carboxylic acids is 1. The summed E-state index contributed by atoms with van der Waals surface area (Å²) in [6.45, 7) is 4.94. The molecule has 0 radical (unpaired) electrons.